The lowest BCUT2D eigenvalue weighted by atomic mass is 9.96. The van der Waals surface area contributed by atoms with E-state index in [1.807, 2.05) is 12.1 Å². The topological polar surface area (TPSA) is 48.8 Å². The van der Waals surface area contributed by atoms with Gasteiger partial charge < -0.3 is 20.4 Å². The monoisotopic (exact) mass is 389 g/mol. The molecule has 0 unspecified atom stereocenters. The van der Waals surface area contributed by atoms with E-state index >= 15 is 0 Å². The molecular weight excluding hydrogens is 356 g/mol. The zero-order valence-electron chi connectivity index (χ0n) is 16.6. The first-order chi connectivity index (χ1) is 13.0. The lowest BCUT2D eigenvalue weighted by Gasteiger charge is -2.35. The summed E-state index contributed by atoms with van der Waals surface area (Å²) < 4.78 is 0. The number of amides is 1. The molecule has 1 aromatic rings. The van der Waals surface area contributed by atoms with E-state index in [1.54, 1.807) is 0 Å². The lowest BCUT2D eigenvalue weighted by molar-refractivity contribution is -0.895. The summed E-state index contributed by atoms with van der Waals surface area (Å²) in [7, 11) is 0. The van der Waals surface area contributed by atoms with Gasteiger partial charge in [0, 0.05) is 11.7 Å². The number of piperazine rings is 1. The minimum Gasteiger partial charge on any atom is -0.360 e. The van der Waals surface area contributed by atoms with Crippen molar-refractivity contribution in [2.24, 2.45) is 0 Å². The highest BCUT2D eigenvalue weighted by molar-refractivity contribution is 7.80. The maximum absolute atomic E-state index is 12.4. The normalized spacial score (nSPS) is 19.0. The molecule has 1 aliphatic heterocycles. The summed E-state index contributed by atoms with van der Waals surface area (Å²) in [5, 5.41) is 7.54. The summed E-state index contributed by atoms with van der Waals surface area (Å²) >= 11 is 5.62. The summed E-state index contributed by atoms with van der Waals surface area (Å²) in [4.78, 5) is 16.0. The van der Waals surface area contributed by atoms with Crippen molar-refractivity contribution in [3.05, 3.63) is 29.3 Å². The van der Waals surface area contributed by atoms with Gasteiger partial charge in [0.1, 0.15) is 0 Å². The molecule has 1 aromatic carbocycles. The fourth-order valence-electron chi connectivity index (χ4n) is 4.02. The van der Waals surface area contributed by atoms with Crippen molar-refractivity contribution in [1.82, 2.24) is 10.2 Å². The van der Waals surface area contributed by atoms with Gasteiger partial charge in [-0.25, -0.2) is 0 Å². The smallest absolute Gasteiger partial charge is 0.279 e. The number of aryl methyl sites for hydroxylation is 1. The van der Waals surface area contributed by atoms with E-state index < -0.39 is 0 Å². The Balaban J connectivity index is 1.41. The van der Waals surface area contributed by atoms with Crippen LogP contribution in [0.4, 0.5) is 5.69 Å². The average molecular weight is 390 g/mol. The first kappa shape index (κ1) is 20.1. The fourth-order valence-corrected chi connectivity index (χ4v) is 4.37. The molecule has 6 heteroatoms. The molecule has 1 aliphatic carbocycles. The number of carbonyl (C=O) groups is 1. The van der Waals surface area contributed by atoms with Gasteiger partial charge >= 0.3 is 0 Å². The zero-order valence-corrected chi connectivity index (χ0v) is 17.5. The first-order valence-corrected chi connectivity index (χ1v) is 10.7. The second-order valence-electron chi connectivity index (χ2n) is 7.99. The predicted molar refractivity (Wildman–Crippen MR) is 114 cm³/mol. The number of quaternary nitrogens is 1. The van der Waals surface area contributed by atoms with Gasteiger partial charge in [-0.3, -0.25) is 4.79 Å². The quantitative estimate of drug-likeness (QED) is 0.686. The number of carbonyl (C=O) groups excluding carboxylic acids is 1. The van der Waals surface area contributed by atoms with Crippen LogP contribution < -0.4 is 15.5 Å². The van der Waals surface area contributed by atoms with Crippen LogP contribution >= 0.6 is 12.2 Å². The summed E-state index contributed by atoms with van der Waals surface area (Å²) in [6, 6.07) is 6.59. The molecule has 27 heavy (non-hydrogen) atoms. The number of nitrogens with one attached hydrogen (secondary N) is 3. The van der Waals surface area contributed by atoms with Gasteiger partial charge in [-0.15, -0.1) is 0 Å². The fraction of sp³-hybridized carbons (Fsp3) is 0.619. The van der Waals surface area contributed by atoms with Crippen molar-refractivity contribution in [2.45, 2.75) is 52.0 Å². The molecule has 2 fully saturated rings. The van der Waals surface area contributed by atoms with Crippen LogP contribution in [0.5, 0.6) is 0 Å². The summed E-state index contributed by atoms with van der Waals surface area (Å²) in [5.74, 6) is 0.0926. The van der Waals surface area contributed by atoms with Gasteiger partial charge in [-0.05, 0) is 56.1 Å². The number of anilines is 1. The third kappa shape index (κ3) is 5.66. The molecule has 1 saturated heterocycles. The summed E-state index contributed by atoms with van der Waals surface area (Å²) in [6.07, 6.45) is 6.46. The Kier molecular flexibility index (Phi) is 7.07. The van der Waals surface area contributed by atoms with Crippen molar-refractivity contribution < 1.29 is 9.69 Å². The van der Waals surface area contributed by atoms with Crippen LogP contribution in [-0.2, 0) is 4.79 Å². The molecule has 2 aliphatic rings. The number of rotatable bonds is 4. The van der Waals surface area contributed by atoms with E-state index in [-0.39, 0.29) is 5.91 Å². The van der Waals surface area contributed by atoms with Gasteiger partial charge in [-0.1, -0.05) is 31.4 Å². The van der Waals surface area contributed by atoms with Gasteiger partial charge in [0.15, 0.2) is 11.7 Å². The molecule has 1 amide bonds. The molecule has 3 N–H and O–H groups in total. The minimum atomic E-state index is 0.0926. The first-order valence-electron chi connectivity index (χ1n) is 10.3. The third-order valence-corrected chi connectivity index (χ3v) is 6.36. The van der Waals surface area contributed by atoms with Crippen molar-refractivity contribution in [1.29, 1.82) is 0 Å². The van der Waals surface area contributed by atoms with Crippen molar-refractivity contribution in [2.75, 3.05) is 38.0 Å². The van der Waals surface area contributed by atoms with E-state index in [2.05, 4.69) is 35.4 Å². The van der Waals surface area contributed by atoms with E-state index in [4.69, 9.17) is 12.2 Å². The number of hydrogen-bond donors (Lipinski definition) is 3. The standard InChI is InChI=1S/C21H32N4OS/c1-16-7-6-10-19(17(16)2)23-20(26)15-24-11-13-25(14-12-24)21(27)22-18-8-4-3-5-9-18/h6-7,10,18H,3-5,8-9,11-15H2,1-2H3,(H,22,27)(H,23,26)/p+1. The zero-order chi connectivity index (χ0) is 19.2. The highest BCUT2D eigenvalue weighted by Gasteiger charge is 2.25. The van der Waals surface area contributed by atoms with Crippen molar-refractivity contribution in [3.8, 4) is 0 Å². The van der Waals surface area contributed by atoms with Crippen molar-refractivity contribution >= 4 is 28.9 Å². The SMILES string of the molecule is Cc1cccc(NC(=O)C[NH+]2CCN(C(=S)NC3CCCCC3)CC2)c1C. The Labute approximate surface area is 168 Å². The van der Waals surface area contributed by atoms with Crippen molar-refractivity contribution in [3.63, 3.8) is 0 Å². The maximum Gasteiger partial charge on any atom is 0.279 e. The van der Waals surface area contributed by atoms with Gasteiger partial charge in [-0.2, -0.15) is 0 Å². The molecular formula is C21H33N4OS+. The summed E-state index contributed by atoms with van der Waals surface area (Å²) in [5.41, 5.74) is 3.27. The average Bonchev–Trinajstić information content (AvgIpc) is 2.67. The van der Waals surface area contributed by atoms with Crippen LogP contribution in [0.2, 0.25) is 0 Å². The van der Waals surface area contributed by atoms with Crippen LogP contribution in [0, 0.1) is 13.8 Å². The second kappa shape index (κ2) is 9.51. The molecule has 0 spiro atoms. The number of nitrogens with zero attached hydrogens (tertiary/aromatic N) is 1. The van der Waals surface area contributed by atoms with E-state index in [0.29, 0.717) is 12.6 Å². The molecule has 0 radical (unpaired) electrons. The maximum atomic E-state index is 12.4. The van der Waals surface area contributed by atoms with Gasteiger partial charge in [0.25, 0.3) is 5.91 Å². The Bertz CT molecular complexity index is 664. The molecule has 3 rings (SSSR count). The van der Waals surface area contributed by atoms with Gasteiger partial charge in [0.2, 0.25) is 0 Å². The van der Waals surface area contributed by atoms with E-state index in [0.717, 1.165) is 42.5 Å². The number of hydrogen-bond acceptors (Lipinski definition) is 2. The predicted octanol–water partition coefficient (Wildman–Crippen LogP) is 1.65. The Morgan fingerprint density at radius 1 is 1.19 bits per heavy atom. The molecule has 1 saturated carbocycles. The highest BCUT2D eigenvalue weighted by Crippen LogP contribution is 2.18. The molecule has 0 atom stereocenters. The molecule has 1 heterocycles. The third-order valence-electron chi connectivity index (χ3n) is 5.98. The number of thiocarbonyl (C=S) groups is 1. The summed E-state index contributed by atoms with van der Waals surface area (Å²) in [6.45, 7) is 8.38. The Morgan fingerprint density at radius 2 is 1.89 bits per heavy atom. The van der Waals surface area contributed by atoms with Crippen LogP contribution in [-0.4, -0.2) is 54.7 Å². The largest absolute Gasteiger partial charge is 0.360 e. The van der Waals surface area contributed by atoms with Crippen LogP contribution in [0.3, 0.4) is 0 Å². The molecule has 5 nitrogen and oxygen atoms in total. The molecule has 0 aromatic heterocycles. The number of benzene rings is 1. The van der Waals surface area contributed by atoms with Crippen LogP contribution in [0.1, 0.15) is 43.2 Å². The molecule has 148 valence electrons. The second-order valence-corrected chi connectivity index (χ2v) is 8.38. The lowest BCUT2D eigenvalue weighted by Crippen LogP contribution is -3.15. The van der Waals surface area contributed by atoms with E-state index in [1.165, 1.54) is 42.6 Å². The Hall–Kier alpha value is -1.66. The minimum absolute atomic E-state index is 0.0926. The highest BCUT2D eigenvalue weighted by atomic mass is 32.1. The van der Waals surface area contributed by atoms with Crippen LogP contribution in [0.25, 0.3) is 0 Å². The van der Waals surface area contributed by atoms with E-state index in [9.17, 15) is 4.79 Å². The Morgan fingerprint density at radius 3 is 2.59 bits per heavy atom. The molecule has 0 bridgehead atoms. The van der Waals surface area contributed by atoms with Crippen LogP contribution in [0.15, 0.2) is 18.2 Å². The van der Waals surface area contributed by atoms with Gasteiger partial charge in [0.05, 0.1) is 26.2 Å².